The second-order valence-electron chi connectivity index (χ2n) is 4.93. The van der Waals surface area contributed by atoms with Crippen LogP contribution >= 0.6 is 11.6 Å². The Morgan fingerprint density at radius 1 is 1.05 bits per heavy atom. The maximum atomic E-state index is 11.8. The van der Waals surface area contributed by atoms with E-state index in [2.05, 4.69) is 6.92 Å². The van der Waals surface area contributed by atoms with Crippen LogP contribution in [0.15, 0.2) is 48.5 Å². The number of unbranched alkanes of at least 4 members (excludes halogenated alkanes) is 1. The SMILES string of the molecule is CCCCOC(=O)c1ccc(OCc2ccc(Cl)cc2)cc1. The van der Waals surface area contributed by atoms with Crippen LogP contribution in [0.4, 0.5) is 0 Å². The molecule has 0 N–H and O–H groups in total. The highest BCUT2D eigenvalue weighted by Gasteiger charge is 2.06. The van der Waals surface area contributed by atoms with E-state index in [0.29, 0.717) is 29.5 Å². The molecular weight excluding hydrogens is 300 g/mol. The van der Waals surface area contributed by atoms with Crippen LogP contribution in [-0.2, 0) is 11.3 Å². The number of carbonyl (C=O) groups excluding carboxylic acids is 1. The summed E-state index contributed by atoms with van der Waals surface area (Å²) in [6.07, 6.45) is 1.89. The zero-order valence-electron chi connectivity index (χ0n) is 12.5. The third kappa shape index (κ3) is 5.08. The first-order valence-corrected chi connectivity index (χ1v) is 7.71. The van der Waals surface area contributed by atoms with Crippen molar-refractivity contribution in [1.82, 2.24) is 0 Å². The van der Waals surface area contributed by atoms with Crippen molar-refractivity contribution in [2.24, 2.45) is 0 Å². The van der Waals surface area contributed by atoms with E-state index in [0.717, 1.165) is 18.4 Å². The van der Waals surface area contributed by atoms with Crippen molar-refractivity contribution in [1.29, 1.82) is 0 Å². The molecule has 0 saturated carbocycles. The van der Waals surface area contributed by atoms with Crippen LogP contribution in [0.25, 0.3) is 0 Å². The zero-order valence-corrected chi connectivity index (χ0v) is 13.3. The van der Waals surface area contributed by atoms with Crippen LogP contribution in [0, 0.1) is 0 Å². The van der Waals surface area contributed by atoms with Gasteiger partial charge in [-0.1, -0.05) is 37.1 Å². The van der Waals surface area contributed by atoms with Gasteiger partial charge in [0.15, 0.2) is 0 Å². The van der Waals surface area contributed by atoms with Gasteiger partial charge in [0, 0.05) is 5.02 Å². The Labute approximate surface area is 135 Å². The van der Waals surface area contributed by atoms with Gasteiger partial charge in [0.05, 0.1) is 12.2 Å². The van der Waals surface area contributed by atoms with Crippen LogP contribution in [0.1, 0.15) is 35.7 Å². The molecule has 0 aliphatic heterocycles. The fourth-order valence-corrected chi connectivity index (χ4v) is 1.95. The molecule has 0 atom stereocenters. The minimum Gasteiger partial charge on any atom is -0.489 e. The van der Waals surface area contributed by atoms with Crippen molar-refractivity contribution in [3.8, 4) is 5.75 Å². The Kier molecular flexibility index (Phi) is 6.28. The van der Waals surface area contributed by atoms with E-state index in [4.69, 9.17) is 21.1 Å². The summed E-state index contributed by atoms with van der Waals surface area (Å²) in [5, 5.41) is 0.703. The van der Waals surface area contributed by atoms with Gasteiger partial charge < -0.3 is 9.47 Å². The summed E-state index contributed by atoms with van der Waals surface area (Å²) in [6.45, 7) is 2.97. The molecule has 116 valence electrons. The van der Waals surface area contributed by atoms with Gasteiger partial charge in [0.1, 0.15) is 12.4 Å². The summed E-state index contributed by atoms with van der Waals surface area (Å²) in [5.41, 5.74) is 1.57. The second kappa shape index (κ2) is 8.44. The van der Waals surface area contributed by atoms with Gasteiger partial charge in [0.25, 0.3) is 0 Å². The Bertz CT molecular complexity index is 591. The van der Waals surface area contributed by atoms with Crippen molar-refractivity contribution in [3.05, 3.63) is 64.7 Å². The monoisotopic (exact) mass is 318 g/mol. The summed E-state index contributed by atoms with van der Waals surface area (Å²) in [4.78, 5) is 11.8. The van der Waals surface area contributed by atoms with Crippen molar-refractivity contribution < 1.29 is 14.3 Å². The molecule has 0 aliphatic carbocycles. The molecule has 0 spiro atoms. The molecule has 4 heteroatoms. The van der Waals surface area contributed by atoms with E-state index in [1.54, 1.807) is 24.3 Å². The molecular formula is C18H19ClO3. The first kappa shape index (κ1) is 16.4. The minimum atomic E-state index is -0.294. The molecule has 2 aromatic rings. The normalized spacial score (nSPS) is 10.3. The van der Waals surface area contributed by atoms with Crippen molar-refractivity contribution >= 4 is 17.6 Å². The Morgan fingerprint density at radius 3 is 2.36 bits per heavy atom. The molecule has 0 aliphatic rings. The number of benzene rings is 2. The van der Waals surface area contributed by atoms with Crippen LogP contribution in [0.5, 0.6) is 5.75 Å². The van der Waals surface area contributed by atoms with Gasteiger partial charge in [0.2, 0.25) is 0 Å². The lowest BCUT2D eigenvalue weighted by molar-refractivity contribution is 0.0499. The van der Waals surface area contributed by atoms with E-state index in [-0.39, 0.29) is 5.97 Å². The van der Waals surface area contributed by atoms with Crippen molar-refractivity contribution in [3.63, 3.8) is 0 Å². The van der Waals surface area contributed by atoms with Gasteiger partial charge >= 0.3 is 5.97 Å². The van der Waals surface area contributed by atoms with E-state index < -0.39 is 0 Å². The highest BCUT2D eigenvalue weighted by Crippen LogP contribution is 2.16. The average Bonchev–Trinajstić information content (AvgIpc) is 2.55. The fourth-order valence-electron chi connectivity index (χ4n) is 1.83. The molecule has 0 aromatic heterocycles. The fraction of sp³-hybridized carbons (Fsp3) is 0.278. The smallest absolute Gasteiger partial charge is 0.338 e. The highest BCUT2D eigenvalue weighted by molar-refractivity contribution is 6.30. The highest BCUT2D eigenvalue weighted by atomic mass is 35.5. The van der Waals surface area contributed by atoms with Gasteiger partial charge in [-0.25, -0.2) is 4.79 Å². The van der Waals surface area contributed by atoms with E-state index in [1.807, 2.05) is 24.3 Å². The summed E-state index contributed by atoms with van der Waals surface area (Å²) in [7, 11) is 0. The van der Waals surface area contributed by atoms with Gasteiger partial charge in [-0.05, 0) is 48.4 Å². The topological polar surface area (TPSA) is 35.5 Å². The molecule has 0 bridgehead atoms. The first-order valence-electron chi connectivity index (χ1n) is 7.33. The maximum Gasteiger partial charge on any atom is 0.338 e. The third-order valence-electron chi connectivity index (χ3n) is 3.14. The number of carbonyl (C=O) groups is 1. The van der Waals surface area contributed by atoms with Crippen molar-refractivity contribution in [2.45, 2.75) is 26.4 Å². The lowest BCUT2D eigenvalue weighted by Crippen LogP contribution is -2.06. The predicted octanol–water partition coefficient (Wildman–Crippen LogP) is 4.88. The minimum absolute atomic E-state index is 0.294. The summed E-state index contributed by atoms with van der Waals surface area (Å²) < 4.78 is 10.8. The summed E-state index contributed by atoms with van der Waals surface area (Å²) >= 11 is 5.84. The van der Waals surface area contributed by atoms with E-state index >= 15 is 0 Å². The van der Waals surface area contributed by atoms with Crippen LogP contribution < -0.4 is 4.74 Å². The molecule has 0 amide bonds. The Balaban J connectivity index is 1.86. The molecule has 0 heterocycles. The lowest BCUT2D eigenvalue weighted by Gasteiger charge is -2.08. The van der Waals surface area contributed by atoms with Gasteiger partial charge in [-0.3, -0.25) is 0 Å². The molecule has 0 saturated heterocycles. The average molecular weight is 319 g/mol. The standard InChI is InChI=1S/C18H19ClO3/c1-2-3-12-21-18(20)15-6-10-17(11-7-15)22-13-14-4-8-16(19)9-5-14/h4-11H,2-3,12-13H2,1H3. The number of hydrogen-bond acceptors (Lipinski definition) is 3. The summed E-state index contributed by atoms with van der Waals surface area (Å²) in [5.74, 6) is 0.415. The second-order valence-corrected chi connectivity index (χ2v) is 5.37. The zero-order chi connectivity index (χ0) is 15.8. The predicted molar refractivity (Wildman–Crippen MR) is 87.4 cm³/mol. The van der Waals surface area contributed by atoms with Gasteiger partial charge in [-0.2, -0.15) is 0 Å². The molecule has 0 unspecified atom stereocenters. The molecule has 22 heavy (non-hydrogen) atoms. The summed E-state index contributed by atoms with van der Waals surface area (Å²) in [6, 6.07) is 14.5. The molecule has 2 rings (SSSR count). The molecule has 0 radical (unpaired) electrons. The van der Waals surface area contributed by atoms with Crippen LogP contribution in [-0.4, -0.2) is 12.6 Å². The first-order chi connectivity index (χ1) is 10.7. The third-order valence-corrected chi connectivity index (χ3v) is 3.39. The number of halogens is 1. The van der Waals surface area contributed by atoms with Crippen LogP contribution in [0.3, 0.4) is 0 Å². The molecule has 3 nitrogen and oxygen atoms in total. The van der Waals surface area contributed by atoms with Crippen LogP contribution in [0.2, 0.25) is 5.02 Å². The Hall–Kier alpha value is -2.00. The molecule has 0 fully saturated rings. The molecule has 2 aromatic carbocycles. The number of hydrogen-bond donors (Lipinski definition) is 0. The van der Waals surface area contributed by atoms with Gasteiger partial charge in [-0.15, -0.1) is 0 Å². The Morgan fingerprint density at radius 2 is 1.73 bits per heavy atom. The largest absolute Gasteiger partial charge is 0.489 e. The number of rotatable bonds is 7. The quantitative estimate of drug-likeness (QED) is 0.539. The maximum absolute atomic E-state index is 11.8. The number of ether oxygens (including phenoxy) is 2. The van der Waals surface area contributed by atoms with E-state index in [9.17, 15) is 4.79 Å². The lowest BCUT2D eigenvalue weighted by atomic mass is 10.2. The van der Waals surface area contributed by atoms with Crippen molar-refractivity contribution in [2.75, 3.05) is 6.61 Å². The van der Waals surface area contributed by atoms with E-state index in [1.165, 1.54) is 0 Å². The number of esters is 1.